The van der Waals surface area contributed by atoms with Crippen LogP contribution in [0.5, 0.6) is 0 Å². The summed E-state index contributed by atoms with van der Waals surface area (Å²) in [4.78, 5) is 26.9. The number of hydrogen-bond acceptors (Lipinski definition) is 3. The van der Waals surface area contributed by atoms with Crippen molar-refractivity contribution in [3.8, 4) is 0 Å². The zero-order valence-corrected chi connectivity index (χ0v) is 13.2. The van der Waals surface area contributed by atoms with Gasteiger partial charge in [-0.2, -0.15) is 0 Å². The number of benzene rings is 1. The molecule has 1 aromatic carbocycles. The maximum Gasteiger partial charge on any atom is 0.244 e. The molecule has 0 bridgehead atoms. The molecule has 4 nitrogen and oxygen atoms in total. The molecule has 1 N–H and O–H groups in total. The summed E-state index contributed by atoms with van der Waals surface area (Å²) in [6.07, 6.45) is 3.59. The molecule has 2 amide bonds. The van der Waals surface area contributed by atoms with E-state index in [1.165, 1.54) is 6.42 Å². The zero-order chi connectivity index (χ0) is 15.2. The van der Waals surface area contributed by atoms with E-state index >= 15 is 0 Å². The van der Waals surface area contributed by atoms with Gasteiger partial charge in [0.2, 0.25) is 11.8 Å². The molecule has 0 aliphatic carbocycles. The molecule has 0 saturated carbocycles. The van der Waals surface area contributed by atoms with E-state index in [0.717, 1.165) is 36.4 Å². The number of likely N-dealkylation sites (tertiary alicyclic amines) is 1. The number of hydrogen-bond donors (Lipinski definition) is 2. The van der Waals surface area contributed by atoms with Crippen molar-refractivity contribution in [2.45, 2.75) is 43.5 Å². The topological polar surface area (TPSA) is 49.4 Å². The third kappa shape index (κ3) is 4.77. The number of piperidine rings is 1. The average molecular weight is 306 g/mol. The van der Waals surface area contributed by atoms with E-state index in [4.69, 9.17) is 0 Å². The van der Waals surface area contributed by atoms with Gasteiger partial charge in [-0.15, -0.1) is 12.6 Å². The van der Waals surface area contributed by atoms with E-state index in [0.29, 0.717) is 0 Å². The van der Waals surface area contributed by atoms with Gasteiger partial charge in [0.05, 0.1) is 6.42 Å². The van der Waals surface area contributed by atoms with Gasteiger partial charge in [0, 0.05) is 18.0 Å². The number of nitrogens with zero attached hydrogens (tertiary/aromatic N) is 1. The minimum absolute atomic E-state index is 0.0220. The number of carbonyl (C=O) groups is 2. The first-order chi connectivity index (χ1) is 10.1. The Kier molecular flexibility index (Phi) is 5.67. The second kappa shape index (κ2) is 7.50. The van der Waals surface area contributed by atoms with Gasteiger partial charge in [0.15, 0.2) is 0 Å². The van der Waals surface area contributed by atoms with Crippen molar-refractivity contribution in [2.24, 2.45) is 0 Å². The number of rotatable bonds is 4. The van der Waals surface area contributed by atoms with Crippen LogP contribution in [0.2, 0.25) is 0 Å². The van der Waals surface area contributed by atoms with Crippen LogP contribution < -0.4 is 5.32 Å². The molecule has 1 aromatic rings. The molecule has 0 radical (unpaired) electrons. The second-order valence-corrected chi connectivity index (χ2v) is 6.03. The second-order valence-electron chi connectivity index (χ2n) is 5.52. The Bertz CT molecular complexity index is 496. The highest BCUT2D eigenvalue weighted by atomic mass is 32.1. The van der Waals surface area contributed by atoms with E-state index in [-0.39, 0.29) is 18.2 Å². The molecular weight excluding hydrogens is 284 g/mol. The van der Waals surface area contributed by atoms with E-state index in [2.05, 4.69) is 17.9 Å². The van der Waals surface area contributed by atoms with Gasteiger partial charge in [0.1, 0.15) is 6.04 Å². The molecule has 1 saturated heterocycles. The van der Waals surface area contributed by atoms with Crippen molar-refractivity contribution < 1.29 is 9.59 Å². The molecule has 114 valence electrons. The Hall–Kier alpha value is -1.49. The minimum atomic E-state index is -0.459. The number of carbonyl (C=O) groups excluding carboxylic acids is 2. The standard InChI is InChI=1S/C16H22N2O2S/c1-12(16(20)18-9-3-2-4-10-18)17-15(19)11-13-5-7-14(21)8-6-13/h5-8,12,21H,2-4,9-11H2,1H3,(H,17,19). The lowest BCUT2D eigenvalue weighted by Crippen LogP contribution is -2.48. The Labute approximate surface area is 131 Å². The maximum atomic E-state index is 12.2. The molecule has 1 fully saturated rings. The molecule has 21 heavy (non-hydrogen) atoms. The van der Waals surface area contributed by atoms with Gasteiger partial charge >= 0.3 is 0 Å². The van der Waals surface area contributed by atoms with Crippen LogP contribution in [0.3, 0.4) is 0 Å². The molecule has 0 aromatic heterocycles. The van der Waals surface area contributed by atoms with Gasteiger partial charge < -0.3 is 10.2 Å². The Morgan fingerprint density at radius 2 is 1.81 bits per heavy atom. The van der Waals surface area contributed by atoms with Crippen LogP contribution in [0.4, 0.5) is 0 Å². The van der Waals surface area contributed by atoms with Crippen LogP contribution in [0.1, 0.15) is 31.7 Å². The fourth-order valence-corrected chi connectivity index (χ4v) is 2.69. The molecule has 1 unspecified atom stereocenters. The van der Waals surface area contributed by atoms with E-state index in [9.17, 15) is 9.59 Å². The molecule has 0 spiro atoms. The van der Waals surface area contributed by atoms with Crippen LogP contribution in [-0.2, 0) is 16.0 Å². The fraction of sp³-hybridized carbons (Fsp3) is 0.500. The number of amides is 2. The van der Waals surface area contributed by atoms with Crippen molar-refractivity contribution in [3.05, 3.63) is 29.8 Å². The van der Waals surface area contributed by atoms with Gasteiger partial charge in [-0.1, -0.05) is 12.1 Å². The van der Waals surface area contributed by atoms with Crippen LogP contribution in [-0.4, -0.2) is 35.8 Å². The Morgan fingerprint density at radius 3 is 2.43 bits per heavy atom. The normalized spacial score (nSPS) is 16.4. The largest absolute Gasteiger partial charge is 0.344 e. The molecule has 2 rings (SSSR count). The monoisotopic (exact) mass is 306 g/mol. The predicted octanol–water partition coefficient (Wildman–Crippen LogP) is 2.03. The Balaban J connectivity index is 1.83. The molecule has 1 aliphatic rings. The van der Waals surface area contributed by atoms with Crippen LogP contribution >= 0.6 is 12.6 Å². The van der Waals surface area contributed by atoms with Crippen molar-refractivity contribution >= 4 is 24.4 Å². The van der Waals surface area contributed by atoms with Crippen molar-refractivity contribution in [3.63, 3.8) is 0 Å². The van der Waals surface area contributed by atoms with Crippen LogP contribution in [0.15, 0.2) is 29.2 Å². The third-order valence-electron chi connectivity index (χ3n) is 3.72. The van der Waals surface area contributed by atoms with Gasteiger partial charge in [-0.25, -0.2) is 0 Å². The minimum Gasteiger partial charge on any atom is -0.344 e. The quantitative estimate of drug-likeness (QED) is 0.836. The van der Waals surface area contributed by atoms with Crippen molar-refractivity contribution in [1.82, 2.24) is 10.2 Å². The van der Waals surface area contributed by atoms with E-state index < -0.39 is 6.04 Å². The first-order valence-corrected chi connectivity index (χ1v) is 7.87. The fourth-order valence-electron chi connectivity index (χ4n) is 2.54. The molecule has 5 heteroatoms. The lowest BCUT2D eigenvalue weighted by atomic mass is 10.1. The molecule has 1 heterocycles. The first kappa shape index (κ1) is 15.9. The SMILES string of the molecule is CC(NC(=O)Cc1ccc(S)cc1)C(=O)N1CCCCC1. The molecule has 1 atom stereocenters. The highest BCUT2D eigenvalue weighted by Gasteiger charge is 2.23. The summed E-state index contributed by atoms with van der Waals surface area (Å²) in [5, 5.41) is 2.79. The lowest BCUT2D eigenvalue weighted by Gasteiger charge is -2.29. The summed E-state index contributed by atoms with van der Waals surface area (Å²) >= 11 is 4.21. The Morgan fingerprint density at radius 1 is 1.19 bits per heavy atom. The van der Waals surface area contributed by atoms with Gasteiger partial charge in [-0.05, 0) is 43.9 Å². The summed E-state index contributed by atoms with van der Waals surface area (Å²) in [5.74, 6) is -0.103. The summed E-state index contributed by atoms with van der Waals surface area (Å²) < 4.78 is 0. The van der Waals surface area contributed by atoms with E-state index in [1.807, 2.05) is 29.2 Å². The van der Waals surface area contributed by atoms with Gasteiger partial charge in [0.25, 0.3) is 0 Å². The summed E-state index contributed by atoms with van der Waals surface area (Å²) in [6, 6.07) is 7.00. The third-order valence-corrected chi connectivity index (χ3v) is 4.01. The maximum absolute atomic E-state index is 12.2. The van der Waals surface area contributed by atoms with E-state index in [1.54, 1.807) is 6.92 Å². The first-order valence-electron chi connectivity index (χ1n) is 7.42. The highest BCUT2D eigenvalue weighted by Crippen LogP contribution is 2.11. The van der Waals surface area contributed by atoms with Crippen molar-refractivity contribution in [1.29, 1.82) is 0 Å². The van der Waals surface area contributed by atoms with Gasteiger partial charge in [-0.3, -0.25) is 9.59 Å². The average Bonchev–Trinajstić information content (AvgIpc) is 2.49. The lowest BCUT2D eigenvalue weighted by molar-refractivity contribution is -0.136. The van der Waals surface area contributed by atoms with Crippen molar-refractivity contribution in [2.75, 3.05) is 13.1 Å². The van der Waals surface area contributed by atoms with Crippen LogP contribution in [0, 0.1) is 0 Å². The summed E-state index contributed by atoms with van der Waals surface area (Å²) in [5.41, 5.74) is 0.919. The number of nitrogens with one attached hydrogen (secondary N) is 1. The molecular formula is C16H22N2O2S. The summed E-state index contributed by atoms with van der Waals surface area (Å²) in [7, 11) is 0. The smallest absolute Gasteiger partial charge is 0.244 e. The highest BCUT2D eigenvalue weighted by molar-refractivity contribution is 7.80. The number of thiol groups is 1. The molecule has 1 aliphatic heterocycles. The summed E-state index contributed by atoms with van der Waals surface area (Å²) in [6.45, 7) is 3.37. The zero-order valence-electron chi connectivity index (χ0n) is 12.3. The predicted molar refractivity (Wildman–Crippen MR) is 85.4 cm³/mol. The van der Waals surface area contributed by atoms with Crippen LogP contribution in [0.25, 0.3) is 0 Å².